The number of amides is 1. The van der Waals surface area contributed by atoms with Crippen LogP contribution >= 0.6 is 0 Å². The van der Waals surface area contributed by atoms with Gasteiger partial charge >= 0.3 is 0 Å². The van der Waals surface area contributed by atoms with Gasteiger partial charge < -0.3 is 14.1 Å². The third-order valence-electron chi connectivity index (χ3n) is 2.76. The quantitative estimate of drug-likeness (QED) is 0.829. The zero-order chi connectivity index (χ0) is 13.7. The Morgan fingerprint density at radius 2 is 2.05 bits per heavy atom. The molecular formula is C15H17NO3. The minimum Gasteiger partial charge on any atom is -0.494 e. The second-order valence-electron chi connectivity index (χ2n) is 4.18. The maximum atomic E-state index is 12.1. The van der Waals surface area contributed by atoms with E-state index in [4.69, 9.17) is 9.15 Å². The fourth-order valence-electron chi connectivity index (χ4n) is 1.85. The molecule has 1 amide bonds. The minimum absolute atomic E-state index is 0.142. The van der Waals surface area contributed by atoms with E-state index < -0.39 is 0 Å². The molecule has 0 aliphatic rings. The maximum Gasteiger partial charge on any atom is 0.289 e. The van der Waals surface area contributed by atoms with Gasteiger partial charge in [-0.15, -0.1) is 0 Å². The van der Waals surface area contributed by atoms with Crippen molar-refractivity contribution in [3.05, 3.63) is 54.0 Å². The van der Waals surface area contributed by atoms with E-state index in [1.54, 1.807) is 24.1 Å². The first-order chi connectivity index (χ1) is 9.22. The lowest BCUT2D eigenvalue weighted by Gasteiger charge is -2.18. The van der Waals surface area contributed by atoms with Crippen LogP contribution in [0.3, 0.4) is 0 Å². The zero-order valence-electron chi connectivity index (χ0n) is 11.1. The molecule has 1 heterocycles. The largest absolute Gasteiger partial charge is 0.494 e. The zero-order valence-corrected chi connectivity index (χ0v) is 11.1. The molecule has 1 aromatic carbocycles. The van der Waals surface area contributed by atoms with E-state index >= 15 is 0 Å². The van der Waals surface area contributed by atoms with Gasteiger partial charge in [-0.2, -0.15) is 0 Å². The Hall–Kier alpha value is -2.23. The Bertz CT molecular complexity index is 534. The van der Waals surface area contributed by atoms with Gasteiger partial charge in [-0.05, 0) is 25.1 Å². The first-order valence-corrected chi connectivity index (χ1v) is 6.22. The molecule has 0 aliphatic carbocycles. The second kappa shape index (κ2) is 6.09. The van der Waals surface area contributed by atoms with E-state index in [1.165, 1.54) is 6.26 Å². The monoisotopic (exact) mass is 259 g/mol. The summed E-state index contributed by atoms with van der Waals surface area (Å²) in [5.41, 5.74) is 0.978. The highest BCUT2D eigenvalue weighted by molar-refractivity contribution is 5.91. The van der Waals surface area contributed by atoms with Gasteiger partial charge in [-0.25, -0.2) is 0 Å². The highest BCUT2D eigenvalue weighted by Crippen LogP contribution is 2.20. The number of ether oxygens (including phenoxy) is 1. The molecule has 0 saturated carbocycles. The standard InChI is InChI=1S/C15H17NO3/c1-3-18-13-8-5-4-7-12(13)11-16(2)15(17)14-9-6-10-19-14/h4-10H,3,11H2,1-2H3. The van der Waals surface area contributed by atoms with Crippen LogP contribution in [0.15, 0.2) is 47.1 Å². The Morgan fingerprint density at radius 1 is 1.26 bits per heavy atom. The normalized spacial score (nSPS) is 10.2. The van der Waals surface area contributed by atoms with Gasteiger partial charge in [-0.3, -0.25) is 4.79 Å². The molecule has 19 heavy (non-hydrogen) atoms. The SMILES string of the molecule is CCOc1ccccc1CN(C)C(=O)c1ccco1. The highest BCUT2D eigenvalue weighted by atomic mass is 16.5. The van der Waals surface area contributed by atoms with Gasteiger partial charge in [0, 0.05) is 19.2 Å². The lowest BCUT2D eigenvalue weighted by molar-refractivity contribution is 0.0752. The fourth-order valence-corrected chi connectivity index (χ4v) is 1.85. The number of furan rings is 1. The van der Waals surface area contributed by atoms with Gasteiger partial charge in [0.2, 0.25) is 0 Å². The average Bonchev–Trinajstić information content (AvgIpc) is 2.94. The van der Waals surface area contributed by atoms with Crippen LogP contribution in [0.2, 0.25) is 0 Å². The molecule has 4 nitrogen and oxygen atoms in total. The Morgan fingerprint density at radius 3 is 2.74 bits per heavy atom. The molecule has 0 saturated heterocycles. The first-order valence-electron chi connectivity index (χ1n) is 6.22. The van der Waals surface area contributed by atoms with Crippen LogP contribution in [-0.2, 0) is 6.54 Å². The Balaban J connectivity index is 2.10. The number of hydrogen-bond donors (Lipinski definition) is 0. The minimum atomic E-state index is -0.142. The van der Waals surface area contributed by atoms with Crippen LogP contribution in [0.25, 0.3) is 0 Å². The number of carbonyl (C=O) groups excluding carboxylic acids is 1. The Labute approximate surface area is 112 Å². The molecular weight excluding hydrogens is 242 g/mol. The van der Waals surface area contributed by atoms with Crippen molar-refractivity contribution in [2.75, 3.05) is 13.7 Å². The number of para-hydroxylation sites is 1. The van der Waals surface area contributed by atoms with Crippen molar-refractivity contribution < 1.29 is 13.9 Å². The summed E-state index contributed by atoms with van der Waals surface area (Å²) in [7, 11) is 1.74. The molecule has 0 unspecified atom stereocenters. The molecule has 100 valence electrons. The Kier molecular flexibility index (Phi) is 4.23. The van der Waals surface area contributed by atoms with E-state index in [0.29, 0.717) is 18.9 Å². The van der Waals surface area contributed by atoms with Crippen LogP contribution in [0.4, 0.5) is 0 Å². The predicted octanol–water partition coefficient (Wildman–Crippen LogP) is 2.95. The van der Waals surface area contributed by atoms with Crippen molar-refractivity contribution in [3.8, 4) is 5.75 Å². The van der Waals surface area contributed by atoms with Crippen molar-refractivity contribution >= 4 is 5.91 Å². The molecule has 0 bridgehead atoms. The summed E-state index contributed by atoms with van der Waals surface area (Å²) in [6.07, 6.45) is 1.50. The van der Waals surface area contributed by atoms with E-state index in [9.17, 15) is 4.79 Å². The molecule has 2 rings (SSSR count). The summed E-state index contributed by atoms with van der Waals surface area (Å²) in [6.45, 7) is 3.02. The third-order valence-corrected chi connectivity index (χ3v) is 2.76. The van der Waals surface area contributed by atoms with Gasteiger partial charge in [-0.1, -0.05) is 18.2 Å². The van der Waals surface area contributed by atoms with Crippen LogP contribution in [0, 0.1) is 0 Å². The van der Waals surface area contributed by atoms with E-state index in [-0.39, 0.29) is 5.91 Å². The topological polar surface area (TPSA) is 42.7 Å². The second-order valence-corrected chi connectivity index (χ2v) is 4.18. The molecule has 2 aromatic rings. The van der Waals surface area contributed by atoms with Crippen molar-refractivity contribution in [1.29, 1.82) is 0 Å². The summed E-state index contributed by atoms with van der Waals surface area (Å²) in [4.78, 5) is 13.7. The number of benzene rings is 1. The van der Waals surface area contributed by atoms with E-state index in [0.717, 1.165) is 11.3 Å². The van der Waals surface area contributed by atoms with Gasteiger partial charge in [0.15, 0.2) is 5.76 Å². The summed E-state index contributed by atoms with van der Waals surface area (Å²) >= 11 is 0. The average molecular weight is 259 g/mol. The lowest BCUT2D eigenvalue weighted by Crippen LogP contribution is -2.26. The molecule has 0 aliphatic heterocycles. The number of carbonyl (C=O) groups is 1. The highest BCUT2D eigenvalue weighted by Gasteiger charge is 2.15. The molecule has 0 fully saturated rings. The van der Waals surface area contributed by atoms with Gasteiger partial charge in [0.25, 0.3) is 5.91 Å². The summed E-state index contributed by atoms with van der Waals surface area (Å²) < 4.78 is 10.7. The lowest BCUT2D eigenvalue weighted by atomic mass is 10.2. The molecule has 1 aromatic heterocycles. The number of rotatable bonds is 5. The summed E-state index contributed by atoms with van der Waals surface area (Å²) in [6, 6.07) is 11.1. The summed E-state index contributed by atoms with van der Waals surface area (Å²) in [5.74, 6) is 1.01. The van der Waals surface area contributed by atoms with Crippen LogP contribution in [0.5, 0.6) is 5.75 Å². The predicted molar refractivity (Wildman–Crippen MR) is 72.1 cm³/mol. The molecule has 0 atom stereocenters. The molecule has 0 spiro atoms. The smallest absolute Gasteiger partial charge is 0.289 e. The van der Waals surface area contributed by atoms with Gasteiger partial charge in [0.1, 0.15) is 5.75 Å². The number of nitrogens with zero attached hydrogens (tertiary/aromatic N) is 1. The molecule has 0 N–H and O–H groups in total. The van der Waals surface area contributed by atoms with E-state index in [2.05, 4.69) is 0 Å². The van der Waals surface area contributed by atoms with Crippen molar-refractivity contribution in [2.45, 2.75) is 13.5 Å². The van der Waals surface area contributed by atoms with Crippen LogP contribution in [-0.4, -0.2) is 24.5 Å². The molecule has 0 radical (unpaired) electrons. The fraction of sp³-hybridized carbons (Fsp3) is 0.267. The van der Waals surface area contributed by atoms with Crippen molar-refractivity contribution in [1.82, 2.24) is 4.90 Å². The van der Waals surface area contributed by atoms with Crippen LogP contribution < -0.4 is 4.74 Å². The van der Waals surface area contributed by atoms with Crippen LogP contribution in [0.1, 0.15) is 23.0 Å². The first kappa shape index (κ1) is 13.2. The van der Waals surface area contributed by atoms with Crippen molar-refractivity contribution in [2.24, 2.45) is 0 Å². The summed E-state index contributed by atoms with van der Waals surface area (Å²) in [5, 5.41) is 0. The molecule has 4 heteroatoms. The third kappa shape index (κ3) is 3.16. The maximum absolute atomic E-state index is 12.1. The number of hydrogen-bond acceptors (Lipinski definition) is 3. The van der Waals surface area contributed by atoms with Crippen molar-refractivity contribution in [3.63, 3.8) is 0 Å². The van der Waals surface area contributed by atoms with Gasteiger partial charge in [0.05, 0.1) is 12.9 Å². The van der Waals surface area contributed by atoms with E-state index in [1.807, 2.05) is 31.2 Å².